The second kappa shape index (κ2) is 11.3. The van der Waals surface area contributed by atoms with E-state index in [0.717, 1.165) is 21.0 Å². The van der Waals surface area contributed by atoms with E-state index in [-0.39, 0.29) is 4.90 Å². The normalized spacial score (nSPS) is 11.2. The molecule has 0 aliphatic rings. The molecule has 0 spiro atoms. The number of aryl methyl sites for hydroxylation is 2. The lowest BCUT2D eigenvalue weighted by atomic mass is 10.1. The number of hydrogen-bond acceptors (Lipinski definition) is 5. The highest BCUT2D eigenvalue weighted by Gasteiger charge is 2.28. The van der Waals surface area contributed by atoms with E-state index < -0.39 is 22.5 Å². The van der Waals surface area contributed by atoms with Crippen LogP contribution in [0.2, 0.25) is 0 Å². The molecule has 7 nitrogen and oxygen atoms in total. The Bertz CT molecular complexity index is 1270. The van der Waals surface area contributed by atoms with Crippen LogP contribution in [0.5, 0.6) is 5.75 Å². The highest BCUT2D eigenvalue weighted by Crippen LogP contribution is 2.27. The summed E-state index contributed by atoms with van der Waals surface area (Å²) in [5.41, 5.74) is 5.33. The number of nitrogens with zero attached hydrogens (tertiary/aromatic N) is 2. The first-order valence-electron chi connectivity index (χ1n) is 10.6. The molecule has 8 heteroatoms. The Morgan fingerprint density at radius 1 is 1.06 bits per heavy atom. The first kappa shape index (κ1) is 24.7. The Labute approximate surface area is 200 Å². The number of hydrogen-bond donors (Lipinski definition) is 1. The molecule has 0 aliphatic carbocycles. The van der Waals surface area contributed by atoms with Crippen molar-refractivity contribution in [1.29, 1.82) is 0 Å². The molecule has 1 amide bonds. The minimum Gasteiger partial charge on any atom is -0.490 e. The third kappa shape index (κ3) is 6.32. The lowest BCUT2D eigenvalue weighted by Crippen LogP contribution is -2.40. The lowest BCUT2D eigenvalue weighted by Gasteiger charge is -2.25. The van der Waals surface area contributed by atoms with E-state index in [9.17, 15) is 13.2 Å². The number of amides is 1. The van der Waals surface area contributed by atoms with E-state index in [1.54, 1.807) is 54.6 Å². The number of carbonyl (C=O) groups is 1. The highest BCUT2D eigenvalue weighted by atomic mass is 32.2. The van der Waals surface area contributed by atoms with Gasteiger partial charge in [0.25, 0.3) is 15.9 Å². The van der Waals surface area contributed by atoms with Gasteiger partial charge in [0, 0.05) is 0 Å². The first-order valence-corrected chi connectivity index (χ1v) is 12.1. The molecule has 0 heterocycles. The van der Waals surface area contributed by atoms with Crippen molar-refractivity contribution in [2.45, 2.75) is 18.7 Å². The molecular formula is C26H27N3O4S. The van der Waals surface area contributed by atoms with Crippen LogP contribution in [-0.2, 0) is 14.8 Å². The number of ether oxygens (including phenoxy) is 1. The van der Waals surface area contributed by atoms with Crippen molar-refractivity contribution in [1.82, 2.24) is 5.43 Å². The predicted molar refractivity (Wildman–Crippen MR) is 135 cm³/mol. The lowest BCUT2D eigenvalue weighted by molar-refractivity contribution is -0.119. The number of anilines is 1. The number of benzene rings is 3. The van der Waals surface area contributed by atoms with Gasteiger partial charge in [0.15, 0.2) is 0 Å². The monoisotopic (exact) mass is 477 g/mol. The molecule has 0 radical (unpaired) electrons. The molecule has 0 atom stereocenters. The molecule has 0 saturated heterocycles. The average Bonchev–Trinajstić information content (AvgIpc) is 2.83. The van der Waals surface area contributed by atoms with Crippen LogP contribution in [0.3, 0.4) is 0 Å². The molecule has 3 aromatic rings. The molecule has 176 valence electrons. The number of carbonyl (C=O) groups excluding carboxylic acids is 1. The summed E-state index contributed by atoms with van der Waals surface area (Å²) in [5.74, 6) is 0.123. The van der Waals surface area contributed by atoms with Crippen LogP contribution in [0.1, 0.15) is 16.7 Å². The van der Waals surface area contributed by atoms with Gasteiger partial charge in [-0.25, -0.2) is 13.8 Å². The van der Waals surface area contributed by atoms with Gasteiger partial charge in [-0.05, 0) is 67.4 Å². The molecule has 0 fully saturated rings. The first-order chi connectivity index (χ1) is 16.3. The maximum Gasteiger partial charge on any atom is 0.264 e. The predicted octanol–water partition coefficient (Wildman–Crippen LogP) is 4.21. The van der Waals surface area contributed by atoms with Crippen molar-refractivity contribution in [3.8, 4) is 5.75 Å². The third-order valence-corrected chi connectivity index (χ3v) is 6.66. The summed E-state index contributed by atoms with van der Waals surface area (Å²) in [6.07, 6.45) is 3.13. The second-order valence-corrected chi connectivity index (χ2v) is 9.44. The number of hydrazone groups is 1. The zero-order valence-electron chi connectivity index (χ0n) is 19.1. The van der Waals surface area contributed by atoms with Gasteiger partial charge in [-0.15, -0.1) is 0 Å². The van der Waals surface area contributed by atoms with Gasteiger partial charge in [0.1, 0.15) is 18.9 Å². The van der Waals surface area contributed by atoms with Crippen molar-refractivity contribution < 1.29 is 17.9 Å². The summed E-state index contributed by atoms with van der Waals surface area (Å²) in [6, 6.07) is 20.6. The Kier molecular flexibility index (Phi) is 8.21. The Hall–Kier alpha value is -3.91. The molecule has 3 rings (SSSR count). The van der Waals surface area contributed by atoms with Crippen molar-refractivity contribution in [3.63, 3.8) is 0 Å². The van der Waals surface area contributed by atoms with Gasteiger partial charge in [0.05, 0.1) is 16.8 Å². The fourth-order valence-corrected chi connectivity index (χ4v) is 4.76. The maximum atomic E-state index is 13.4. The molecule has 0 aliphatic heterocycles. The zero-order chi connectivity index (χ0) is 24.6. The van der Waals surface area contributed by atoms with Gasteiger partial charge in [-0.1, -0.05) is 48.6 Å². The topological polar surface area (TPSA) is 88.1 Å². The fraction of sp³-hybridized carbons (Fsp3) is 0.154. The smallest absolute Gasteiger partial charge is 0.264 e. The SMILES string of the molecule is C=CCOc1ccc(/C=N/NC(=O)CN(c2ccc(C)cc2C)S(=O)(=O)c2ccccc2)cc1. The quantitative estimate of drug-likeness (QED) is 0.269. The molecule has 34 heavy (non-hydrogen) atoms. The van der Waals surface area contributed by atoms with E-state index in [2.05, 4.69) is 17.1 Å². The maximum absolute atomic E-state index is 13.4. The summed E-state index contributed by atoms with van der Waals surface area (Å²) in [4.78, 5) is 12.8. The minimum atomic E-state index is -3.97. The van der Waals surface area contributed by atoms with Crippen molar-refractivity contribution in [2.24, 2.45) is 5.10 Å². The van der Waals surface area contributed by atoms with Crippen LogP contribution in [-0.4, -0.2) is 33.7 Å². The van der Waals surface area contributed by atoms with Crippen molar-refractivity contribution in [2.75, 3.05) is 17.5 Å². The Morgan fingerprint density at radius 2 is 1.76 bits per heavy atom. The summed E-state index contributed by atoms with van der Waals surface area (Å²) in [5, 5.41) is 3.97. The van der Waals surface area contributed by atoms with Crippen LogP contribution in [0.15, 0.2) is 95.4 Å². The molecule has 0 unspecified atom stereocenters. The van der Waals surface area contributed by atoms with Crippen LogP contribution in [0, 0.1) is 13.8 Å². The minimum absolute atomic E-state index is 0.102. The summed E-state index contributed by atoms with van der Waals surface area (Å²) in [7, 11) is -3.97. The summed E-state index contributed by atoms with van der Waals surface area (Å²) < 4.78 is 33.3. The standard InChI is InChI=1S/C26H27N3O4S/c1-4-16-33-23-13-11-22(12-14-23)18-27-28-26(30)19-29(25-15-10-20(2)17-21(25)3)34(31,32)24-8-6-5-7-9-24/h4-15,17-18H,1,16,19H2,2-3H3,(H,28,30)/b27-18+. The van der Waals surface area contributed by atoms with Gasteiger partial charge >= 0.3 is 0 Å². The second-order valence-electron chi connectivity index (χ2n) is 7.58. The van der Waals surface area contributed by atoms with Gasteiger partial charge in [-0.3, -0.25) is 9.10 Å². The summed E-state index contributed by atoms with van der Waals surface area (Å²) >= 11 is 0. The fourth-order valence-electron chi connectivity index (χ4n) is 3.25. The molecule has 0 bridgehead atoms. The van der Waals surface area contributed by atoms with Crippen LogP contribution >= 0.6 is 0 Å². The molecular weight excluding hydrogens is 450 g/mol. The van der Waals surface area contributed by atoms with E-state index >= 15 is 0 Å². The van der Waals surface area contributed by atoms with Gasteiger partial charge < -0.3 is 4.74 Å². The zero-order valence-corrected chi connectivity index (χ0v) is 20.0. The average molecular weight is 478 g/mol. The highest BCUT2D eigenvalue weighted by molar-refractivity contribution is 7.92. The molecule has 3 aromatic carbocycles. The van der Waals surface area contributed by atoms with Crippen LogP contribution in [0.4, 0.5) is 5.69 Å². The number of rotatable bonds is 10. The van der Waals surface area contributed by atoms with E-state index in [4.69, 9.17) is 4.74 Å². The van der Waals surface area contributed by atoms with Crippen LogP contribution in [0.25, 0.3) is 0 Å². The molecule has 0 aromatic heterocycles. The van der Waals surface area contributed by atoms with Crippen LogP contribution < -0.4 is 14.5 Å². The Balaban J connectivity index is 1.77. The Morgan fingerprint density at radius 3 is 2.41 bits per heavy atom. The summed E-state index contributed by atoms with van der Waals surface area (Å²) in [6.45, 7) is 7.33. The van der Waals surface area contributed by atoms with Crippen molar-refractivity contribution in [3.05, 3.63) is 102 Å². The van der Waals surface area contributed by atoms with Crippen molar-refractivity contribution >= 4 is 27.8 Å². The number of sulfonamides is 1. The van der Waals surface area contributed by atoms with Gasteiger partial charge in [-0.2, -0.15) is 5.10 Å². The number of nitrogens with one attached hydrogen (secondary N) is 1. The van der Waals surface area contributed by atoms with E-state index in [0.29, 0.717) is 18.0 Å². The molecule has 0 saturated carbocycles. The van der Waals surface area contributed by atoms with Gasteiger partial charge in [0.2, 0.25) is 0 Å². The van der Waals surface area contributed by atoms with E-state index in [1.165, 1.54) is 18.3 Å². The third-order valence-electron chi connectivity index (χ3n) is 4.89. The molecule has 1 N–H and O–H groups in total. The largest absolute Gasteiger partial charge is 0.490 e. The van der Waals surface area contributed by atoms with E-state index in [1.807, 2.05) is 26.0 Å².